The molecule has 0 fully saturated rings. The van der Waals surface area contributed by atoms with E-state index in [4.69, 9.17) is 9.47 Å². The van der Waals surface area contributed by atoms with Gasteiger partial charge in [0.05, 0.1) is 6.61 Å². The Labute approximate surface area is 180 Å². The van der Waals surface area contributed by atoms with Crippen LogP contribution in [-0.2, 0) is 23.9 Å². The first-order valence-corrected chi connectivity index (χ1v) is 10.5. The lowest BCUT2D eigenvalue weighted by Crippen LogP contribution is -2.57. The van der Waals surface area contributed by atoms with E-state index in [0.717, 1.165) is 0 Å². The van der Waals surface area contributed by atoms with E-state index < -0.39 is 48.1 Å². The number of carbonyl (C=O) groups excluding carboxylic acids is 4. The SMILES string of the molecule is CCOC(=O)CC(=O)N[C@H](CC(C)C)NC(=O)[C@@H](NC(=O)OC(C)(C)C)[C@@H](C)CC. The van der Waals surface area contributed by atoms with Crippen molar-refractivity contribution in [3.8, 4) is 0 Å². The number of hydrogen-bond acceptors (Lipinski definition) is 6. The Morgan fingerprint density at radius 2 is 1.53 bits per heavy atom. The van der Waals surface area contributed by atoms with E-state index in [1.807, 2.05) is 27.7 Å². The minimum Gasteiger partial charge on any atom is -0.466 e. The number of nitrogens with one attached hydrogen (secondary N) is 3. The Kier molecular flexibility index (Phi) is 12.1. The fourth-order valence-electron chi connectivity index (χ4n) is 2.61. The number of carbonyl (C=O) groups is 4. The van der Waals surface area contributed by atoms with Crippen LogP contribution in [0, 0.1) is 11.8 Å². The predicted octanol–water partition coefficient (Wildman–Crippen LogP) is 2.48. The van der Waals surface area contributed by atoms with Crippen LogP contribution in [0.5, 0.6) is 0 Å². The largest absolute Gasteiger partial charge is 0.466 e. The highest BCUT2D eigenvalue weighted by atomic mass is 16.6. The predicted molar refractivity (Wildman–Crippen MR) is 113 cm³/mol. The molecule has 0 heterocycles. The van der Waals surface area contributed by atoms with E-state index in [1.165, 1.54) is 0 Å². The van der Waals surface area contributed by atoms with Gasteiger partial charge in [0.25, 0.3) is 0 Å². The highest BCUT2D eigenvalue weighted by Gasteiger charge is 2.30. The second kappa shape index (κ2) is 13.1. The van der Waals surface area contributed by atoms with E-state index in [2.05, 4.69) is 16.0 Å². The van der Waals surface area contributed by atoms with Crippen molar-refractivity contribution >= 4 is 23.9 Å². The molecule has 9 heteroatoms. The smallest absolute Gasteiger partial charge is 0.408 e. The number of amides is 3. The molecule has 0 spiro atoms. The van der Waals surface area contributed by atoms with Gasteiger partial charge in [-0.2, -0.15) is 0 Å². The van der Waals surface area contributed by atoms with Crippen LogP contribution in [0.3, 0.4) is 0 Å². The van der Waals surface area contributed by atoms with Crippen LogP contribution in [0.2, 0.25) is 0 Å². The van der Waals surface area contributed by atoms with Crippen molar-refractivity contribution in [3.63, 3.8) is 0 Å². The molecule has 0 aromatic carbocycles. The fraction of sp³-hybridized carbons (Fsp3) is 0.810. The van der Waals surface area contributed by atoms with Gasteiger partial charge < -0.3 is 25.4 Å². The van der Waals surface area contributed by atoms with Gasteiger partial charge in [-0.25, -0.2) is 4.79 Å². The fourth-order valence-corrected chi connectivity index (χ4v) is 2.61. The third kappa shape index (κ3) is 12.3. The summed E-state index contributed by atoms with van der Waals surface area (Å²) in [6.45, 7) is 14.7. The number of ether oxygens (including phenoxy) is 2. The zero-order valence-electron chi connectivity index (χ0n) is 19.6. The summed E-state index contributed by atoms with van der Waals surface area (Å²) in [4.78, 5) is 48.8. The summed E-state index contributed by atoms with van der Waals surface area (Å²) < 4.78 is 10.0. The molecule has 0 aliphatic rings. The first kappa shape index (κ1) is 27.7. The molecule has 0 aliphatic carbocycles. The second-order valence-electron chi connectivity index (χ2n) is 8.75. The Bertz CT molecular complexity index is 586. The van der Waals surface area contributed by atoms with E-state index in [9.17, 15) is 19.2 Å². The van der Waals surface area contributed by atoms with Gasteiger partial charge in [0.2, 0.25) is 11.8 Å². The second-order valence-corrected chi connectivity index (χ2v) is 8.75. The zero-order chi connectivity index (χ0) is 23.5. The minimum absolute atomic E-state index is 0.160. The summed E-state index contributed by atoms with van der Waals surface area (Å²) >= 11 is 0. The number of hydrogen-bond donors (Lipinski definition) is 3. The summed E-state index contributed by atoms with van der Waals surface area (Å²) in [5.41, 5.74) is -0.693. The van der Waals surface area contributed by atoms with Crippen LogP contribution >= 0.6 is 0 Å². The molecule has 3 N–H and O–H groups in total. The molecule has 3 atom stereocenters. The number of alkyl carbamates (subject to hydrolysis) is 1. The molecule has 0 radical (unpaired) electrons. The Morgan fingerprint density at radius 1 is 0.933 bits per heavy atom. The van der Waals surface area contributed by atoms with E-state index in [-0.39, 0.29) is 18.4 Å². The van der Waals surface area contributed by atoms with Gasteiger partial charge in [0.15, 0.2) is 0 Å². The Hall–Kier alpha value is -2.32. The molecule has 174 valence electrons. The molecule has 0 saturated carbocycles. The van der Waals surface area contributed by atoms with Crippen LogP contribution in [0.25, 0.3) is 0 Å². The highest BCUT2D eigenvalue weighted by Crippen LogP contribution is 2.12. The van der Waals surface area contributed by atoms with Crippen LogP contribution in [0.15, 0.2) is 0 Å². The summed E-state index contributed by atoms with van der Waals surface area (Å²) in [5, 5.41) is 8.06. The minimum atomic E-state index is -0.832. The lowest BCUT2D eigenvalue weighted by atomic mass is 9.98. The highest BCUT2D eigenvalue weighted by molar-refractivity contribution is 5.94. The first-order chi connectivity index (χ1) is 13.8. The lowest BCUT2D eigenvalue weighted by Gasteiger charge is -2.29. The summed E-state index contributed by atoms with van der Waals surface area (Å²) in [6, 6.07) is -0.832. The van der Waals surface area contributed by atoms with E-state index in [1.54, 1.807) is 27.7 Å². The normalized spacial score (nSPS) is 14.3. The molecule has 0 bridgehead atoms. The molecule has 9 nitrogen and oxygen atoms in total. The molecular weight excluding hydrogens is 390 g/mol. The monoisotopic (exact) mass is 429 g/mol. The standard InChI is InChI=1S/C21H39N3O6/c1-9-14(5)18(24-20(28)30-21(6,7)8)19(27)23-15(11-13(3)4)22-16(25)12-17(26)29-10-2/h13-15,18H,9-12H2,1-8H3,(H,22,25)(H,23,27)(H,24,28)/t14-,15-,18-/m0/s1. The first-order valence-electron chi connectivity index (χ1n) is 10.5. The molecule has 0 aromatic rings. The lowest BCUT2D eigenvalue weighted by molar-refractivity contribution is -0.146. The van der Waals surface area contributed by atoms with Crippen molar-refractivity contribution < 1.29 is 28.7 Å². The van der Waals surface area contributed by atoms with Gasteiger partial charge in [-0.05, 0) is 46.0 Å². The third-order valence-electron chi connectivity index (χ3n) is 4.14. The van der Waals surface area contributed by atoms with E-state index in [0.29, 0.717) is 12.8 Å². The average molecular weight is 430 g/mol. The van der Waals surface area contributed by atoms with Crippen molar-refractivity contribution in [2.24, 2.45) is 11.8 Å². The maximum atomic E-state index is 12.9. The van der Waals surface area contributed by atoms with Crippen molar-refractivity contribution in [3.05, 3.63) is 0 Å². The van der Waals surface area contributed by atoms with Gasteiger partial charge >= 0.3 is 12.1 Å². The molecule has 0 unspecified atom stereocenters. The van der Waals surface area contributed by atoms with Gasteiger partial charge in [-0.3, -0.25) is 14.4 Å². The molecule has 0 aromatic heterocycles. The quantitative estimate of drug-likeness (QED) is 0.263. The third-order valence-corrected chi connectivity index (χ3v) is 4.14. The Morgan fingerprint density at radius 3 is 2.00 bits per heavy atom. The van der Waals surface area contributed by atoms with Crippen LogP contribution in [0.4, 0.5) is 4.79 Å². The number of esters is 1. The topological polar surface area (TPSA) is 123 Å². The molecule has 0 aliphatic heterocycles. The van der Waals surface area contributed by atoms with Gasteiger partial charge in [-0.15, -0.1) is 0 Å². The van der Waals surface area contributed by atoms with Crippen molar-refractivity contribution in [1.82, 2.24) is 16.0 Å². The van der Waals surface area contributed by atoms with Crippen LogP contribution in [0.1, 0.15) is 74.7 Å². The average Bonchev–Trinajstić information content (AvgIpc) is 2.56. The van der Waals surface area contributed by atoms with Crippen molar-refractivity contribution in [2.45, 2.75) is 92.5 Å². The number of rotatable bonds is 11. The van der Waals surface area contributed by atoms with Gasteiger partial charge in [0, 0.05) is 0 Å². The molecule has 30 heavy (non-hydrogen) atoms. The van der Waals surface area contributed by atoms with Crippen molar-refractivity contribution in [2.75, 3.05) is 6.61 Å². The summed E-state index contributed by atoms with van der Waals surface area (Å²) in [7, 11) is 0. The summed E-state index contributed by atoms with van der Waals surface area (Å²) in [5.74, 6) is -1.60. The molecular formula is C21H39N3O6. The summed E-state index contributed by atoms with van der Waals surface area (Å²) in [6.07, 6.45) is -0.692. The molecule has 3 amide bonds. The van der Waals surface area contributed by atoms with E-state index >= 15 is 0 Å². The van der Waals surface area contributed by atoms with Crippen LogP contribution < -0.4 is 16.0 Å². The molecule has 0 saturated heterocycles. The zero-order valence-corrected chi connectivity index (χ0v) is 19.6. The van der Waals surface area contributed by atoms with Gasteiger partial charge in [-0.1, -0.05) is 34.1 Å². The Balaban J connectivity index is 5.21. The maximum absolute atomic E-state index is 12.9. The van der Waals surface area contributed by atoms with Gasteiger partial charge in [0.1, 0.15) is 24.2 Å². The maximum Gasteiger partial charge on any atom is 0.408 e. The molecule has 0 rings (SSSR count). The van der Waals surface area contributed by atoms with Crippen molar-refractivity contribution in [1.29, 1.82) is 0 Å². The van der Waals surface area contributed by atoms with Crippen LogP contribution in [-0.4, -0.2) is 48.3 Å².